The SMILES string of the molecule is CCC(C)[C@H](c1c(C)cccc1C)N1CCNCC1. The van der Waals surface area contributed by atoms with Gasteiger partial charge in [-0.25, -0.2) is 0 Å². The number of nitrogens with zero attached hydrogens (tertiary/aromatic N) is 1. The maximum absolute atomic E-state index is 3.47. The molecule has 106 valence electrons. The first kappa shape index (κ1) is 14.5. The van der Waals surface area contributed by atoms with E-state index in [1.807, 2.05) is 0 Å². The number of piperazine rings is 1. The molecule has 0 aliphatic carbocycles. The second kappa shape index (κ2) is 6.53. The predicted molar refractivity (Wildman–Crippen MR) is 82.6 cm³/mol. The Morgan fingerprint density at radius 2 is 1.74 bits per heavy atom. The Hall–Kier alpha value is -0.860. The Morgan fingerprint density at radius 3 is 2.26 bits per heavy atom. The van der Waals surface area contributed by atoms with Crippen molar-refractivity contribution in [2.75, 3.05) is 26.2 Å². The number of rotatable bonds is 4. The lowest BCUT2D eigenvalue weighted by atomic mass is 9.85. The van der Waals surface area contributed by atoms with Gasteiger partial charge in [-0.3, -0.25) is 4.90 Å². The molecule has 0 bridgehead atoms. The van der Waals surface area contributed by atoms with Gasteiger partial charge in [0.05, 0.1) is 0 Å². The van der Waals surface area contributed by atoms with Gasteiger partial charge in [0.25, 0.3) is 0 Å². The van der Waals surface area contributed by atoms with Crippen LogP contribution in [0.5, 0.6) is 0 Å². The van der Waals surface area contributed by atoms with Crippen molar-refractivity contribution in [2.45, 2.75) is 40.2 Å². The monoisotopic (exact) mass is 260 g/mol. The van der Waals surface area contributed by atoms with Crippen LogP contribution in [0.1, 0.15) is 43.0 Å². The molecule has 2 rings (SSSR count). The quantitative estimate of drug-likeness (QED) is 0.893. The fraction of sp³-hybridized carbons (Fsp3) is 0.647. The maximum atomic E-state index is 3.47. The fourth-order valence-corrected chi connectivity index (χ4v) is 3.30. The zero-order chi connectivity index (χ0) is 13.8. The van der Waals surface area contributed by atoms with Crippen LogP contribution in [-0.4, -0.2) is 31.1 Å². The van der Waals surface area contributed by atoms with Gasteiger partial charge in [0.2, 0.25) is 0 Å². The number of hydrogen-bond acceptors (Lipinski definition) is 2. The van der Waals surface area contributed by atoms with Gasteiger partial charge < -0.3 is 5.32 Å². The second-order valence-electron chi connectivity index (χ2n) is 5.92. The highest BCUT2D eigenvalue weighted by Gasteiger charge is 2.28. The largest absolute Gasteiger partial charge is 0.314 e. The molecular formula is C17H28N2. The molecule has 1 saturated heterocycles. The van der Waals surface area contributed by atoms with Gasteiger partial charge in [-0.1, -0.05) is 38.5 Å². The summed E-state index contributed by atoms with van der Waals surface area (Å²) in [5, 5.41) is 3.47. The summed E-state index contributed by atoms with van der Waals surface area (Å²) in [7, 11) is 0. The summed E-state index contributed by atoms with van der Waals surface area (Å²) in [4.78, 5) is 2.68. The van der Waals surface area contributed by atoms with E-state index in [9.17, 15) is 0 Å². The molecule has 0 radical (unpaired) electrons. The molecule has 0 spiro atoms. The highest BCUT2D eigenvalue weighted by Crippen LogP contribution is 2.34. The van der Waals surface area contributed by atoms with Crippen molar-refractivity contribution in [1.82, 2.24) is 10.2 Å². The van der Waals surface area contributed by atoms with Crippen LogP contribution in [0.25, 0.3) is 0 Å². The first-order valence-corrected chi connectivity index (χ1v) is 7.66. The third-order valence-electron chi connectivity index (χ3n) is 4.57. The van der Waals surface area contributed by atoms with Crippen molar-refractivity contribution in [3.8, 4) is 0 Å². The highest BCUT2D eigenvalue weighted by atomic mass is 15.2. The van der Waals surface area contributed by atoms with Crippen molar-refractivity contribution in [1.29, 1.82) is 0 Å². The molecule has 0 saturated carbocycles. The van der Waals surface area contributed by atoms with Crippen LogP contribution in [0, 0.1) is 19.8 Å². The molecule has 1 fully saturated rings. The summed E-state index contributed by atoms with van der Waals surface area (Å²) >= 11 is 0. The van der Waals surface area contributed by atoms with E-state index in [4.69, 9.17) is 0 Å². The molecule has 2 nitrogen and oxygen atoms in total. The van der Waals surface area contributed by atoms with E-state index in [-0.39, 0.29) is 0 Å². The van der Waals surface area contributed by atoms with Gasteiger partial charge >= 0.3 is 0 Å². The van der Waals surface area contributed by atoms with Crippen LogP contribution in [0.2, 0.25) is 0 Å². The Bertz CT molecular complexity index is 387. The third kappa shape index (κ3) is 3.18. The molecule has 2 atom stereocenters. The fourth-order valence-electron chi connectivity index (χ4n) is 3.30. The van der Waals surface area contributed by atoms with Gasteiger partial charge in [-0.2, -0.15) is 0 Å². The van der Waals surface area contributed by atoms with Gasteiger partial charge in [-0.15, -0.1) is 0 Å². The maximum Gasteiger partial charge on any atom is 0.0379 e. The lowest BCUT2D eigenvalue weighted by Gasteiger charge is -2.39. The van der Waals surface area contributed by atoms with E-state index in [0.717, 1.165) is 13.1 Å². The summed E-state index contributed by atoms with van der Waals surface area (Å²) in [6, 6.07) is 7.28. The smallest absolute Gasteiger partial charge is 0.0379 e. The van der Waals surface area contributed by atoms with Crippen molar-refractivity contribution >= 4 is 0 Å². The van der Waals surface area contributed by atoms with Crippen LogP contribution >= 0.6 is 0 Å². The minimum Gasteiger partial charge on any atom is -0.314 e. The zero-order valence-electron chi connectivity index (χ0n) is 12.9. The van der Waals surface area contributed by atoms with E-state index in [0.29, 0.717) is 12.0 Å². The summed E-state index contributed by atoms with van der Waals surface area (Å²) in [5.74, 6) is 0.706. The van der Waals surface area contributed by atoms with E-state index in [2.05, 4.69) is 56.1 Å². The summed E-state index contributed by atoms with van der Waals surface area (Å²) in [6.45, 7) is 13.8. The molecule has 1 N–H and O–H groups in total. The van der Waals surface area contributed by atoms with Crippen molar-refractivity contribution in [2.24, 2.45) is 5.92 Å². The molecule has 1 aliphatic heterocycles. The lowest BCUT2D eigenvalue weighted by Crippen LogP contribution is -2.46. The first-order chi connectivity index (χ1) is 9.15. The third-order valence-corrected chi connectivity index (χ3v) is 4.57. The minimum atomic E-state index is 0.577. The number of aryl methyl sites for hydroxylation is 2. The van der Waals surface area contributed by atoms with Crippen LogP contribution in [0.15, 0.2) is 18.2 Å². The molecule has 1 unspecified atom stereocenters. The van der Waals surface area contributed by atoms with Gasteiger partial charge in [0.15, 0.2) is 0 Å². The topological polar surface area (TPSA) is 15.3 Å². The van der Waals surface area contributed by atoms with Crippen molar-refractivity contribution in [3.63, 3.8) is 0 Å². The standard InChI is InChI=1S/C17H28N2/c1-5-13(2)17(19-11-9-18-10-12-19)16-14(3)7-6-8-15(16)4/h6-8,13,17-18H,5,9-12H2,1-4H3/t13?,17-/m1/s1. The Morgan fingerprint density at radius 1 is 1.16 bits per heavy atom. The van der Waals surface area contributed by atoms with E-state index >= 15 is 0 Å². The zero-order valence-corrected chi connectivity index (χ0v) is 12.9. The number of benzene rings is 1. The van der Waals surface area contributed by atoms with Crippen molar-refractivity contribution in [3.05, 3.63) is 34.9 Å². The molecule has 19 heavy (non-hydrogen) atoms. The van der Waals surface area contributed by atoms with Gasteiger partial charge in [0, 0.05) is 32.2 Å². The van der Waals surface area contributed by atoms with Gasteiger partial charge in [-0.05, 0) is 36.5 Å². The average molecular weight is 260 g/mol. The molecule has 1 aliphatic rings. The molecular weight excluding hydrogens is 232 g/mol. The average Bonchev–Trinajstić information content (AvgIpc) is 2.43. The van der Waals surface area contributed by atoms with E-state index in [1.165, 1.54) is 30.6 Å². The minimum absolute atomic E-state index is 0.577. The van der Waals surface area contributed by atoms with E-state index < -0.39 is 0 Å². The normalized spacial score (nSPS) is 20.2. The Labute approximate surface area is 118 Å². The van der Waals surface area contributed by atoms with Crippen LogP contribution < -0.4 is 5.32 Å². The van der Waals surface area contributed by atoms with Crippen LogP contribution in [0.4, 0.5) is 0 Å². The van der Waals surface area contributed by atoms with Crippen LogP contribution in [0.3, 0.4) is 0 Å². The molecule has 1 heterocycles. The number of hydrogen-bond donors (Lipinski definition) is 1. The second-order valence-corrected chi connectivity index (χ2v) is 5.92. The Balaban J connectivity index is 2.36. The van der Waals surface area contributed by atoms with Gasteiger partial charge in [0.1, 0.15) is 0 Å². The molecule has 0 aromatic heterocycles. The summed E-state index contributed by atoms with van der Waals surface area (Å²) in [6.07, 6.45) is 1.24. The molecule has 2 heteroatoms. The Kier molecular flexibility index (Phi) is 5.00. The lowest BCUT2D eigenvalue weighted by molar-refractivity contribution is 0.127. The summed E-state index contributed by atoms with van der Waals surface area (Å²) < 4.78 is 0. The molecule has 0 amide bonds. The number of nitrogens with one attached hydrogen (secondary N) is 1. The predicted octanol–water partition coefficient (Wildman–Crippen LogP) is 3.30. The first-order valence-electron chi connectivity index (χ1n) is 7.66. The summed E-state index contributed by atoms with van der Waals surface area (Å²) in [5.41, 5.74) is 4.46. The van der Waals surface area contributed by atoms with Crippen molar-refractivity contribution < 1.29 is 0 Å². The molecule has 1 aromatic carbocycles. The van der Waals surface area contributed by atoms with Crippen LogP contribution in [-0.2, 0) is 0 Å². The van der Waals surface area contributed by atoms with E-state index in [1.54, 1.807) is 5.56 Å². The highest BCUT2D eigenvalue weighted by molar-refractivity contribution is 5.36. The molecule has 1 aromatic rings.